The summed E-state index contributed by atoms with van der Waals surface area (Å²) in [5.41, 5.74) is 0. The normalized spacial score (nSPS) is 28.1. The molecule has 0 spiro atoms. The van der Waals surface area contributed by atoms with E-state index in [2.05, 4.69) is 13.7 Å². The van der Waals surface area contributed by atoms with Gasteiger partial charge in [-0.2, -0.15) is 16.8 Å². The number of hydrogen-bond acceptors (Lipinski definition) is 7. The van der Waals surface area contributed by atoms with E-state index in [1.54, 1.807) is 0 Å². The second-order valence-electron chi connectivity index (χ2n) is 3.34. The van der Waals surface area contributed by atoms with Crippen molar-refractivity contribution in [1.29, 1.82) is 0 Å². The molecule has 2 unspecified atom stereocenters. The second kappa shape index (κ2) is 4.34. The van der Waals surface area contributed by atoms with Crippen molar-refractivity contribution in [1.82, 2.24) is 5.32 Å². The zero-order valence-electron chi connectivity index (χ0n) is 8.33. The molecule has 1 N–H and O–H groups in total. The number of hydrogen-bond donors (Lipinski definition) is 1. The summed E-state index contributed by atoms with van der Waals surface area (Å²) in [4.78, 5) is 0. The Kier molecular flexibility index (Phi) is 3.71. The van der Waals surface area contributed by atoms with Gasteiger partial charge in [0.25, 0.3) is 20.2 Å². The summed E-state index contributed by atoms with van der Waals surface area (Å²) in [7, 11) is -7.22. The van der Waals surface area contributed by atoms with E-state index in [9.17, 15) is 16.8 Å². The highest BCUT2D eigenvalue weighted by Crippen LogP contribution is 2.13. The summed E-state index contributed by atoms with van der Waals surface area (Å²) in [6.45, 7) is 0.487. The van der Waals surface area contributed by atoms with Crippen LogP contribution in [0, 0.1) is 0 Å². The van der Waals surface area contributed by atoms with Gasteiger partial charge in [-0.25, -0.2) is 0 Å². The van der Waals surface area contributed by atoms with Crippen LogP contribution in [0.5, 0.6) is 0 Å². The number of nitrogens with one attached hydrogen (secondary N) is 1. The summed E-state index contributed by atoms with van der Waals surface area (Å²) in [5.74, 6) is 0. The predicted octanol–water partition coefficient (Wildman–Crippen LogP) is -1.72. The minimum Gasteiger partial charge on any atom is -0.311 e. The average Bonchev–Trinajstić information content (AvgIpc) is 2.29. The largest absolute Gasteiger partial charge is 0.311 e. The van der Waals surface area contributed by atoms with Gasteiger partial charge < -0.3 is 5.32 Å². The highest BCUT2D eigenvalue weighted by Gasteiger charge is 2.34. The molecule has 7 nitrogen and oxygen atoms in total. The maximum atomic E-state index is 10.8. The van der Waals surface area contributed by atoms with Gasteiger partial charge in [0.1, 0.15) is 12.2 Å². The molecule has 0 bridgehead atoms. The Morgan fingerprint density at radius 1 is 0.933 bits per heavy atom. The van der Waals surface area contributed by atoms with Crippen LogP contribution < -0.4 is 5.32 Å². The lowest BCUT2D eigenvalue weighted by Gasteiger charge is -2.16. The van der Waals surface area contributed by atoms with Gasteiger partial charge in [-0.05, 0) is 0 Å². The lowest BCUT2D eigenvalue weighted by molar-refractivity contribution is 0.102. The van der Waals surface area contributed by atoms with Crippen molar-refractivity contribution in [2.45, 2.75) is 12.2 Å². The Balaban J connectivity index is 2.66. The molecule has 0 aromatic heterocycles. The van der Waals surface area contributed by atoms with Crippen LogP contribution >= 0.6 is 0 Å². The van der Waals surface area contributed by atoms with E-state index in [-0.39, 0.29) is 13.1 Å². The highest BCUT2D eigenvalue weighted by molar-refractivity contribution is 7.86. The van der Waals surface area contributed by atoms with Crippen LogP contribution in [0.15, 0.2) is 0 Å². The van der Waals surface area contributed by atoms with Crippen molar-refractivity contribution in [3.63, 3.8) is 0 Å². The van der Waals surface area contributed by atoms with Gasteiger partial charge in [-0.15, -0.1) is 0 Å². The second-order valence-corrected chi connectivity index (χ2v) is 6.54. The SMILES string of the molecule is CS(=O)(=O)OC1CNCC1OS(C)(=O)=O. The van der Waals surface area contributed by atoms with Crippen LogP contribution in [0.1, 0.15) is 0 Å². The molecule has 1 rings (SSSR count). The van der Waals surface area contributed by atoms with Crippen LogP contribution in [0.25, 0.3) is 0 Å². The summed E-state index contributed by atoms with van der Waals surface area (Å²) in [6.07, 6.45) is 0.218. The molecule has 0 aromatic carbocycles. The topological polar surface area (TPSA) is 98.8 Å². The Morgan fingerprint density at radius 2 is 1.27 bits per heavy atom. The van der Waals surface area contributed by atoms with Crippen molar-refractivity contribution in [2.24, 2.45) is 0 Å². The van der Waals surface area contributed by atoms with Gasteiger partial charge in [0.2, 0.25) is 0 Å². The van der Waals surface area contributed by atoms with E-state index < -0.39 is 32.4 Å². The van der Waals surface area contributed by atoms with Gasteiger partial charge in [-0.3, -0.25) is 8.37 Å². The molecule has 1 fully saturated rings. The van der Waals surface area contributed by atoms with Crippen LogP contribution in [-0.4, -0.2) is 54.6 Å². The summed E-state index contributed by atoms with van der Waals surface area (Å²) >= 11 is 0. The summed E-state index contributed by atoms with van der Waals surface area (Å²) in [5, 5.41) is 2.79. The lowest BCUT2D eigenvalue weighted by Crippen LogP contribution is -2.33. The van der Waals surface area contributed by atoms with Crippen molar-refractivity contribution in [3.8, 4) is 0 Å². The van der Waals surface area contributed by atoms with Crippen molar-refractivity contribution in [2.75, 3.05) is 25.6 Å². The van der Waals surface area contributed by atoms with Gasteiger partial charge in [0.15, 0.2) is 0 Å². The Hall–Kier alpha value is -0.220. The molecule has 9 heteroatoms. The van der Waals surface area contributed by atoms with Gasteiger partial charge in [-0.1, -0.05) is 0 Å². The van der Waals surface area contributed by atoms with E-state index in [4.69, 9.17) is 0 Å². The molecule has 0 aliphatic carbocycles. The van der Waals surface area contributed by atoms with Gasteiger partial charge in [0.05, 0.1) is 12.5 Å². The zero-order chi connectivity index (χ0) is 11.7. The van der Waals surface area contributed by atoms with Gasteiger partial charge >= 0.3 is 0 Å². The third kappa shape index (κ3) is 4.89. The maximum Gasteiger partial charge on any atom is 0.264 e. The van der Waals surface area contributed by atoms with Crippen molar-refractivity contribution >= 4 is 20.2 Å². The average molecular weight is 259 g/mol. The minimum absolute atomic E-state index is 0.243. The first-order chi connectivity index (χ1) is 6.67. The fourth-order valence-corrected chi connectivity index (χ4v) is 2.55. The minimum atomic E-state index is -3.61. The third-order valence-electron chi connectivity index (χ3n) is 1.70. The zero-order valence-corrected chi connectivity index (χ0v) is 9.97. The molecular weight excluding hydrogens is 246 g/mol. The molecule has 1 aliphatic heterocycles. The van der Waals surface area contributed by atoms with E-state index in [1.807, 2.05) is 0 Å². The third-order valence-corrected chi connectivity index (χ3v) is 2.90. The van der Waals surface area contributed by atoms with Crippen molar-refractivity contribution in [3.05, 3.63) is 0 Å². The van der Waals surface area contributed by atoms with E-state index in [0.29, 0.717) is 0 Å². The first-order valence-corrected chi connectivity index (χ1v) is 7.78. The van der Waals surface area contributed by atoms with E-state index in [0.717, 1.165) is 12.5 Å². The van der Waals surface area contributed by atoms with Crippen LogP contribution in [0.3, 0.4) is 0 Å². The summed E-state index contributed by atoms with van der Waals surface area (Å²) in [6, 6.07) is 0. The Morgan fingerprint density at radius 3 is 1.53 bits per heavy atom. The first-order valence-electron chi connectivity index (χ1n) is 4.14. The van der Waals surface area contributed by atoms with E-state index in [1.165, 1.54) is 0 Å². The molecule has 1 saturated heterocycles. The fraction of sp³-hybridized carbons (Fsp3) is 1.00. The van der Waals surface area contributed by atoms with Crippen LogP contribution in [-0.2, 0) is 28.6 Å². The standard InChI is InChI=1S/C6H13NO6S2/c1-14(8,9)12-5-3-7-4-6(5)13-15(2,10)11/h5-7H,3-4H2,1-2H3. The molecule has 0 radical (unpaired) electrons. The molecule has 0 amide bonds. The summed E-state index contributed by atoms with van der Waals surface area (Å²) < 4.78 is 52.7. The quantitative estimate of drug-likeness (QED) is 0.599. The molecular formula is C6H13NO6S2. The smallest absolute Gasteiger partial charge is 0.264 e. The van der Waals surface area contributed by atoms with Crippen LogP contribution in [0.4, 0.5) is 0 Å². The molecule has 0 saturated carbocycles. The first kappa shape index (κ1) is 12.8. The van der Waals surface area contributed by atoms with Gasteiger partial charge in [0, 0.05) is 13.1 Å². The molecule has 0 aromatic rings. The van der Waals surface area contributed by atoms with E-state index >= 15 is 0 Å². The molecule has 2 atom stereocenters. The Bertz CT molecular complexity index is 373. The molecule has 90 valence electrons. The molecule has 15 heavy (non-hydrogen) atoms. The van der Waals surface area contributed by atoms with Crippen molar-refractivity contribution < 1.29 is 25.2 Å². The molecule has 1 aliphatic rings. The number of rotatable bonds is 4. The molecule has 1 heterocycles. The fourth-order valence-electron chi connectivity index (χ4n) is 1.27. The Labute approximate surface area is 89.0 Å². The lowest BCUT2D eigenvalue weighted by atomic mass is 10.3. The predicted molar refractivity (Wildman–Crippen MR) is 52.3 cm³/mol. The monoisotopic (exact) mass is 259 g/mol. The maximum absolute atomic E-state index is 10.8. The van der Waals surface area contributed by atoms with Crippen LogP contribution in [0.2, 0.25) is 0 Å². The highest BCUT2D eigenvalue weighted by atomic mass is 32.2.